The van der Waals surface area contributed by atoms with E-state index in [0.717, 1.165) is 13.0 Å². The molecule has 0 aromatic heterocycles. The van der Waals surface area contributed by atoms with E-state index in [-0.39, 0.29) is 6.61 Å². The van der Waals surface area contributed by atoms with Crippen molar-refractivity contribution in [3.8, 4) is 0 Å². The third kappa shape index (κ3) is 1.97. The molecule has 0 fully saturated rings. The Morgan fingerprint density at radius 2 is 2.21 bits per heavy atom. The molecular weight excluding hydrogens is 174 g/mol. The topological polar surface area (TPSA) is 32.3 Å². The summed E-state index contributed by atoms with van der Waals surface area (Å²) in [6, 6.07) is 9.14. The third-order valence-electron chi connectivity index (χ3n) is 2.86. The van der Waals surface area contributed by atoms with E-state index in [0.29, 0.717) is 6.04 Å². The van der Waals surface area contributed by atoms with Crippen LogP contribution in [0.1, 0.15) is 30.0 Å². The molecule has 0 heterocycles. The van der Waals surface area contributed by atoms with E-state index in [9.17, 15) is 0 Å². The molecule has 0 radical (unpaired) electrons. The first-order valence-corrected chi connectivity index (χ1v) is 5.34. The van der Waals surface area contributed by atoms with Crippen LogP contribution in [-0.2, 0) is 6.42 Å². The van der Waals surface area contributed by atoms with Crippen LogP contribution in [0.4, 0.5) is 0 Å². The van der Waals surface area contributed by atoms with Gasteiger partial charge in [0.15, 0.2) is 0 Å². The number of hydrogen-bond donors (Lipinski definition) is 2. The molecule has 2 rings (SSSR count). The Morgan fingerprint density at radius 1 is 1.36 bits per heavy atom. The summed E-state index contributed by atoms with van der Waals surface area (Å²) in [5.41, 5.74) is 2.93. The average Bonchev–Trinajstić information content (AvgIpc) is 2.63. The van der Waals surface area contributed by atoms with Crippen LogP contribution in [0.15, 0.2) is 24.3 Å². The molecule has 0 saturated heterocycles. The molecular formula is C12H17NO. The highest BCUT2D eigenvalue weighted by atomic mass is 16.3. The molecule has 1 aliphatic rings. The number of aliphatic hydroxyl groups is 1. The van der Waals surface area contributed by atoms with Crippen molar-refractivity contribution in [2.75, 3.05) is 13.2 Å². The van der Waals surface area contributed by atoms with E-state index in [1.54, 1.807) is 0 Å². The molecule has 1 unspecified atom stereocenters. The largest absolute Gasteiger partial charge is 0.396 e. The quantitative estimate of drug-likeness (QED) is 0.709. The minimum atomic E-state index is 0.279. The standard InChI is InChI=1S/C12H17NO/c14-9-3-8-13-12-7-6-10-4-1-2-5-11(10)12/h1-2,4-5,12-14H,3,6-9H2. The van der Waals surface area contributed by atoms with Crippen LogP contribution in [0, 0.1) is 0 Å². The van der Waals surface area contributed by atoms with Crippen molar-refractivity contribution < 1.29 is 5.11 Å². The minimum Gasteiger partial charge on any atom is -0.396 e. The van der Waals surface area contributed by atoms with Crippen LogP contribution in [0.5, 0.6) is 0 Å². The number of benzene rings is 1. The number of aliphatic hydroxyl groups excluding tert-OH is 1. The molecule has 1 aromatic rings. The maximum Gasteiger partial charge on any atom is 0.0443 e. The summed E-state index contributed by atoms with van der Waals surface area (Å²) in [4.78, 5) is 0. The zero-order valence-electron chi connectivity index (χ0n) is 8.37. The Hall–Kier alpha value is -0.860. The maximum atomic E-state index is 8.70. The smallest absolute Gasteiger partial charge is 0.0443 e. The van der Waals surface area contributed by atoms with Gasteiger partial charge in [0.25, 0.3) is 0 Å². The van der Waals surface area contributed by atoms with Crippen LogP contribution in [0.2, 0.25) is 0 Å². The Kier molecular flexibility index (Phi) is 3.17. The number of aryl methyl sites for hydroxylation is 1. The Labute approximate surface area is 85.0 Å². The first kappa shape index (κ1) is 9.69. The van der Waals surface area contributed by atoms with Crippen LogP contribution >= 0.6 is 0 Å². The number of rotatable bonds is 4. The SMILES string of the molecule is OCCCNC1CCc2ccccc21. The molecule has 1 aliphatic carbocycles. The van der Waals surface area contributed by atoms with Gasteiger partial charge in [0.1, 0.15) is 0 Å². The van der Waals surface area contributed by atoms with Gasteiger partial charge in [0, 0.05) is 12.6 Å². The predicted octanol–water partition coefficient (Wildman–Crippen LogP) is 1.65. The van der Waals surface area contributed by atoms with Crippen LogP contribution in [-0.4, -0.2) is 18.3 Å². The minimum absolute atomic E-state index is 0.279. The summed E-state index contributed by atoms with van der Waals surface area (Å²) >= 11 is 0. The van der Waals surface area contributed by atoms with Crippen molar-refractivity contribution in [1.82, 2.24) is 5.32 Å². The molecule has 1 aromatic carbocycles. The summed E-state index contributed by atoms with van der Waals surface area (Å²) in [5.74, 6) is 0. The highest BCUT2D eigenvalue weighted by Gasteiger charge is 2.20. The lowest BCUT2D eigenvalue weighted by Gasteiger charge is -2.13. The second-order valence-electron chi connectivity index (χ2n) is 3.82. The number of hydrogen-bond acceptors (Lipinski definition) is 2. The van der Waals surface area contributed by atoms with Crippen molar-refractivity contribution >= 4 is 0 Å². The predicted molar refractivity (Wildman–Crippen MR) is 57.2 cm³/mol. The summed E-state index contributed by atoms with van der Waals surface area (Å²) in [7, 11) is 0. The van der Waals surface area contributed by atoms with Gasteiger partial charge in [-0.25, -0.2) is 0 Å². The van der Waals surface area contributed by atoms with Gasteiger partial charge in [-0.2, -0.15) is 0 Å². The lowest BCUT2D eigenvalue weighted by atomic mass is 10.1. The fraction of sp³-hybridized carbons (Fsp3) is 0.500. The molecule has 0 amide bonds. The van der Waals surface area contributed by atoms with Gasteiger partial charge >= 0.3 is 0 Å². The van der Waals surface area contributed by atoms with Crippen molar-refractivity contribution in [2.45, 2.75) is 25.3 Å². The molecule has 14 heavy (non-hydrogen) atoms. The molecule has 0 bridgehead atoms. The van der Waals surface area contributed by atoms with Gasteiger partial charge in [0.2, 0.25) is 0 Å². The summed E-state index contributed by atoms with van der Waals surface area (Å²) in [6.45, 7) is 1.19. The lowest BCUT2D eigenvalue weighted by molar-refractivity contribution is 0.283. The van der Waals surface area contributed by atoms with Crippen molar-refractivity contribution in [3.05, 3.63) is 35.4 Å². The monoisotopic (exact) mass is 191 g/mol. The molecule has 1 atom stereocenters. The second-order valence-corrected chi connectivity index (χ2v) is 3.82. The Bertz CT molecular complexity index is 298. The van der Waals surface area contributed by atoms with E-state index in [2.05, 4.69) is 29.6 Å². The second kappa shape index (κ2) is 4.58. The highest BCUT2D eigenvalue weighted by molar-refractivity contribution is 5.34. The molecule has 0 saturated carbocycles. The maximum absolute atomic E-state index is 8.70. The molecule has 2 nitrogen and oxygen atoms in total. The molecule has 76 valence electrons. The van der Waals surface area contributed by atoms with Crippen molar-refractivity contribution in [2.24, 2.45) is 0 Å². The Balaban J connectivity index is 1.96. The fourth-order valence-corrected chi connectivity index (χ4v) is 2.12. The summed E-state index contributed by atoms with van der Waals surface area (Å²) < 4.78 is 0. The molecule has 2 heteroatoms. The molecule has 0 spiro atoms. The van der Waals surface area contributed by atoms with E-state index < -0.39 is 0 Å². The highest BCUT2D eigenvalue weighted by Crippen LogP contribution is 2.30. The normalized spacial score (nSPS) is 19.6. The van der Waals surface area contributed by atoms with Gasteiger partial charge in [-0.1, -0.05) is 24.3 Å². The zero-order valence-corrected chi connectivity index (χ0v) is 8.37. The van der Waals surface area contributed by atoms with Crippen LogP contribution < -0.4 is 5.32 Å². The first-order chi connectivity index (χ1) is 6.92. The van der Waals surface area contributed by atoms with E-state index in [4.69, 9.17) is 5.11 Å². The molecule has 2 N–H and O–H groups in total. The molecule has 0 aliphatic heterocycles. The van der Waals surface area contributed by atoms with Gasteiger partial charge < -0.3 is 10.4 Å². The van der Waals surface area contributed by atoms with Gasteiger partial charge in [-0.05, 0) is 36.9 Å². The van der Waals surface area contributed by atoms with Crippen molar-refractivity contribution in [3.63, 3.8) is 0 Å². The van der Waals surface area contributed by atoms with Gasteiger partial charge in [-0.3, -0.25) is 0 Å². The van der Waals surface area contributed by atoms with Gasteiger partial charge in [-0.15, -0.1) is 0 Å². The van der Waals surface area contributed by atoms with E-state index >= 15 is 0 Å². The van der Waals surface area contributed by atoms with Crippen LogP contribution in [0.3, 0.4) is 0 Å². The summed E-state index contributed by atoms with van der Waals surface area (Å²) in [6.07, 6.45) is 3.23. The first-order valence-electron chi connectivity index (χ1n) is 5.34. The average molecular weight is 191 g/mol. The summed E-state index contributed by atoms with van der Waals surface area (Å²) in [5, 5.41) is 12.2. The number of fused-ring (bicyclic) bond motifs is 1. The van der Waals surface area contributed by atoms with E-state index in [1.807, 2.05) is 0 Å². The van der Waals surface area contributed by atoms with Crippen LogP contribution in [0.25, 0.3) is 0 Å². The van der Waals surface area contributed by atoms with Gasteiger partial charge in [0.05, 0.1) is 0 Å². The van der Waals surface area contributed by atoms with E-state index in [1.165, 1.54) is 24.0 Å². The zero-order chi connectivity index (χ0) is 9.80. The Morgan fingerprint density at radius 3 is 3.07 bits per heavy atom. The fourth-order valence-electron chi connectivity index (χ4n) is 2.12. The van der Waals surface area contributed by atoms with Crippen molar-refractivity contribution in [1.29, 1.82) is 0 Å². The third-order valence-corrected chi connectivity index (χ3v) is 2.86. The number of nitrogens with one attached hydrogen (secondary N) is 1. The lowest BCUT2D eigenvalue weighted by Crippen LogP contribution is -2.21.